The Hall–Kier alpha value is -3.30. The van der Waals surface area contributed by atoms with E-state index in [2.05, 4.69) is 0 Å². The maximum absolute atomic E-state index is 13.4. The fraction of sp³-hybridized carbons (Fsp3) is 0.261. The minimum Gasteiger partial charge on any atom is -0.461 e. The highest BCUT2D eigenvalue weighted by atomic mass is 32.2. The molecule has 2 N–H and O–H groups in total. The molecule has 1 fully saturated rings. The van der Waals surface area contributed by atoms with Crippen LogP contribution in [0.15, 0.2) is 71.9 Å². The highest BCUT2D eigenvalue weighted by Gasteiger charge is 2.55. The average Bonchev–Trinajstić information content (AvgIpc) is 2.81. The van der Waals surface area contributed by atoms with Crippen molar-refractivity contribution in [3.8, 4) is 0 Å². The fourth-order valence-electron chi connectivity index (χ4n) is 3.79. The van der Waals surface area contributed by atoms with Crippen LogP contribution in [0.5, 0.6) is 0 Å². The summed E-state index contributed by atoms with van der Waals surface area (Å²) in [4.78, 5) is 38.3. The van der Waals surface area contributed by atoms with Gasteiger partial charge in [0.1, 0.15) is 23.7 Å². The summed E-state index contributed by atoms with van der Waals surface area (Å²) in [6.45, 7) is 0.964. The van der Waals surface area contributed by atoms with E-state index < -0.39 is 46.2 Å². The molecule has 8 nitrogen and oxygen atoms in total. The Bertz CT molecular complexity index is 1060. The molecule has 0 bridgehead atoms. The number of amides is 1. The van der Waals surface area contributed by atoms with Gasteiger partial charge in [-0.1, -0.05) is 60.7 Å². The van der Waals surface area contributed by atoms with Crippen molar-refractivity contribution < 1.29 is 28.1 Å². The van der Waals surface area contributed by atoms with Crippen molar-refractivity contribution in [2.45, 2.75) is 24.4 Å². The highest BCUT2D eigenvalue weighted by molar-refractivity contribution is 7.86. The number of carbonyl (C=O) groups excluding carboxylic acids is 3. The van der Waals surface area contributed by atoms with Gasteiger partial charge in [-0.15, -0.1) is 0 Å². The second-order valence-electron chi connectivity index (χ2n) is 7.49. The summed E-state index contributed by atoms with van der Waals surface area (Å²) < 4.78 is 23.6. The number of carbonyl (C=O) groups is 3. The number of hydrogen-bond donors (Lipinski definition) is 1. The van der Waals surface area contributed by atoms with Gasteiger partial charge in [0, 0.05) is 12.5 Å². The molecule has 1 saturated heterocycles. The summed E-state index contributed by atoms with van der Waals surface area (Å²) >= 11 is 0. The zero-order valence-corrected chi connectivity index (χ0v) is 18.1. The molecule has 2 aromatic carbocycles. The predicted octanol–water partition coefficient (Wildman–Crippen LogP) is 1.39. The standard InChI is InChI=1S/C23H22N2O6S/c1-14(26)30-12-17-13-32(29)22-18(24)21(27)25(22)19(17)23(28)31-20(15-8-4-2-5-9-15)16-10-6-3-7-11-16/h2-11,18,20,22H,12-13,24H2,1H3/t18-,22-,32?/m1/s1. The fourth-order valence-corrected chi connectivity index (χ4v) is 5.41. The lowest BCUT2D eigenvalue weighted by Gasteiger charge is -2.47. The Labute approximate surface area is 187 Å². The van der Waals surface area contributed by atoms with E-state index in [1.54, 1.807) is 0 Å². The van der Waals surface area contributed by atoms with Crippen molar-refractivity contribution in [1.82, 2.24) is 4.90 Å². The first kappa shape index (κ1) is 21.9. The van der Waals surface area contributed by atoms with E-state index in [0.717, 1.165) is 16.0 Å². The van der Waals surface area contributed by atoms with Crippen molar-refractivity contribution in [2.75, 3.05) is 12.4 Å². The van der Waals surface area contributed by atoms with Gasteiger partial charge >= 0.3 is 11.9 Å². The van der Waals surface area contributed by atoms with Crippen LogP contribution in [0.1, 0.15) is 24.2 Å². The maximum Gasteiger partial charge on any atom is 0.356 e. The molecule has 1 amide bonds. The van der Waals surface area contributed by atoms with Crippen LogP contribution in [0.25, 0.3) is 0 Å². The molecule has 166 valence electrons. The van der Waals surface area contributed by atoms with Gasteiger partial charge in [-0.3, -0.25) is 18.7 Å². The smallest absolute Gasteiger partial charge is 0.356 e. The number of ether oxygens (including phenoxy) is 2. The van der Waals surface area contributed by atoms with E-state index in [-0.39, 0.29) is 23.6 Å². The quantitative estimate of drug-likeness (QED) is 0.518. The predicted molar refractivity (Wildman–Crippen MR) is 116 cm³/mol. The Balaban J connectivity index is 1.71. The third-order valence-corrected chi connectivity index (χ3v) is 6.99. The second kappa shape index (κ2) is 9.05. The third-order valence-electron chi connectivity index (χ3n) is 5.32. The van der Waals surface area contributed by atoms with Crippen LogP contribution in [-0.4, -0.2) is 50.7 Å². The number of nitrogens with two attached hydrogens (primary N) is 1. The molecule has 2 aliphatic rings. The molecular formula is C23H22N2O6S. The minimum atomic E-state index is -1.52. The van der Waals surface area contributed by atoms with Crippen LogP contribution in [-0.2, 0) is 34.7 Å². The molecule has 4 rings (SSSR count). The van der Waals surface area contributed by atoms with E-state index in [4.69, 9.17) is 15.2 Å². The third kappa shape index (κ3) is 4.09. The maximum atomic E-state index is 13.4. The van der Waals surface area contributed by atoms with Crippen LogP contribution in [0.3, 0.4) is 0 Å². The monoisotopic (exact) mass is 454 g/mol. The number of fused-ring (bicyclic) bond motifs is 1. The zero-order valence-electron chi connectivity index (χ0n) is 17.3. The first-order valence-electron chi connectivity index (χ1n) is 10.0. The lowest BCUT2D eigenvalue weighted by Crippen LogP contribution is -2.72. The van der Waals surface area contributed by atoms with E-state index in [0.29, 0.717) is 0 Å². The van der Waals surface area contributed by atoms with Crippen LogP contribution < -0.4 is 5.73 Å². The van der Waals surface area contributed by atoms with E-state index >= 15 is 0 Å². The second-order valence-corrected chi connectivity index (χ2v) is 9.02. The van der Waals surface area contributed by atoms with Crippen LogP contribution in [0.4, 0.5) is 0 Å². The normalized spacial score (nSPS) is 22.3. The van der Waals surface area contributed by atoms with Crippen molar-refractivity contribution in [2.24, 2.45) is 5.73 Å². The molecule has 2 heterocycles. The molecule has 1 unspecified atom stereocenters. The average molecular weight is 455 g/mol. The van der Waals surface area contributed by atoms with E-state index in [1.807, 2.05) is 60.7 Å². The summed E-state index contributed by atoms with van der Waals surface area (Å²) in [5.74, 6) is -1.89. The van der Waals surface area contributed by atoms with Gasteiger partial charge in [-0.05, 0) is 11.1 Å². The molecule has 3 atom stereocenters. The summed E-state index contributed by atoms with van der Waals surface area (Å²) in [6, 6.07) is 17.4. The molecule has 2 aromatic rings. The van der Waals surface area contributed by atoms with Crippen LogP contribution in [0.2, 0.25) is 0 Å². The number of β-lactam (4-membered cyclic amide) rings is 1. The zero-order chi connectivity index (χ0) is 22.8. The van der Waals surface area contributed by atoms with Gasteiger partial charge in [0.2, 0.25) is 5.91 Å². The van der Waals surface area contributed by atoms with Gasteiger partial charge in [0.15, 0.2) is 6.10 Å². The molecule has 0 saturated carbocycles. The SMILES string of the molecule is CC(=O)OCC1=C(C(=O)OC(c2ccccc2)c2ccccc2)N2C(=O)[C@@H](N)[C@H]2S(=O)C1. The molecule has 0 radical (unpaired) electrons. The topological polar surface area (TPSA) is 116 Å². The lowest BCUT2D eigenvalue weighted by molar-refractivity contribution is -0.153. The lowest BCUT2D eigenvalue weighted by atomic mass is 10.0. The molecule has 0 aromatic heterocycles. The van der Waals surface area contributed by atoms with E-state index in [1.165, 1.54) is 6.92 Å². The van der Waals surface area contributed by atoms with Gasteiger partial charge in [-0.25, -0.2) is 4.79 Å². The largest absolute Gasteiger partial charge is 0.461 e. The number of esters is 2. The van der Waals surface area contributed by atoms with Gasteiger partial charge in [0.25, 0.3) is 0 Å². The molecule has 32 heavy (non-hydrogen) atoms. The van der Waals surface area contributed by atoms with Crippen molar-refractivity contribution >= 4 is 28.6 Å². The van der Waals surface area contributed by atoms with E-state index in [9.17, 15) is 18.6 Å². The minimum absolute atomic E-state index is 0.0405. The summed E-state index contributed by atoms with van der Waals surface area (Å²) in [6.07, 6.45) is -0.733. The first-order chi connectivity index (χ1) is 15.4. The number of nitrogens with zero attached hydrogens (tertiary/aromatic N) is 1. The van der Waals surface area contributed by atoms with Crippen molar-refractivity contribution in [3.63, 3.8) is 0 Å². The summed E-state index contributed by atoms with van der Waals surface area (Å²) in [7, 11) is -1.52. The Kier molecular flexibility index (Phi) is 6.20. The number of hydrogen-bond acceptors (Lipinski definition) is 7. The Morgan fingerprint density at radius 2 is 1.66 bits per heavy atom. The highest BCUT2D eigenvalue weighted by Crippen LogP contribution is 2.36. The Morgan fingerprint density at radius 3 is 2.19 bits per heavy atom. The molecular weight excluding hydrogens is 432 g/mol. The van der Waals surface area contributed by atoms with Gasteiger partial charge < -0.3 is 15.2 Å². The van der Waals surface area contributed by atoms with Crippen LogP contribution >= 0.6 is 0 Å². The molecule has 0 aliphatic carbocycles. The molecule has 9 heteroatoms. The van der Waals surface area contributed by atoms with Crippen molar-refractivity contribution in [3.05, 3.63) is 83.1 Å². The van der Waals surface area contributed by atoms with Crippen molar-refractivity contribution in [1.29, 1.82) is 0 Å². The molecule has 0 spiro atoms. The molecule has 2 aliphatic heterocycles. The van der Waals surface area contributed by atoms with Gasteiger partial charge in [-0.2, -0.15) is 0 Å². The summed E-state index contributed by atoms with van der Waals surface area (Å²) in [5.41, 5.74) is 7.54. The number of benzene rings is 2. The first-order valence-corrected chi connectivity index (χ1v) is 11.4. The Morgan fingerprint density at radius 1 is 1.09 bits per heavy atom. The number of rotatable bonds is 6. The van der Waals surface area contributed by atoms with Gasteiger partial charge in [0.05, 0.1) is 16.6 Å². The summed E-state index contributed by atoms with van der Waals surface area (Å²) in [5, 5.41) is -0.807. The van der Waals surface area contributed by atoms with Crippen LogP contribution in [0, 0.1) is 0 Å².